The van der Waals surface area contributed by atoms with Crippen LogP contribution in [-0.2, 0) is 10.0 Å². The number of nitrogens with one attached hydrogen (secondary N) is 2. The van der Waals surface area contributed by atoms with E-state index in [4.69, 9.17) is 10.5 Å². The summed E-state index contributed by atoms with van der Waals surface area (Å²) < 4.78 is 34.1. The lowest BCUT2D eigenvalue weighted by Crippen LogP contribution is -2.24. The van der Waals surface area contributed by atoms with E-state index in [1.165, 1.54) is 31.4 Å². The number of methoxy groups -OCH3 is 1. The Morgan fingerprint density at radius 3 is 2.35 bits per heavy atom. The van der Waals surface area contributed by atoms with Gasteiger partial charge in [0.25, 0.3) is 27.4 Å². The number of sulfonamides is 1. The number of amides is 2. The summed E-state index contributed by atoms with van der Waals surface area (Å²) in [6, 6.07) is 12.9. The van der Waals surface area contributed by atoms with Gasteiger partial charge >= 0.3 is 0 Å². The average Bonchev–Trinajstić information content (AvgIpc) is 3.02. The lowest BCUT2D eigenvalue weighted by Gasteiger charge is -2.14. The highest BCUT2D eigenvalue weighted by molar-refractivity contribution is 7.92. The number of carbonyl (C=O) groups is 2. The zero-order valence-electron chi connectivity index (χ0n) is 16.1. The minimum Gasteiger partial charge on any atom is -0.495 e. The first-order chi connectivity index (χ1) is 14.7. The van der Waals surface area contributed by atoms with Crippen LogP contribution in [0.4, 0.5) is 11.5 Å². The van der Waals surface area contributed by atoms with Crippen LogP contribution < -0.4 is 26.1 Å². The molecule has 4 rings (SSSR count). The van der Waals surface area contributed by atoms with Crippen LogP contribution in [0.5, 0.6) is 5.75 Å². The number of hydrogen-bond acceptors (Lipinski definition) is 7. The molecule has 0 atom stereocenters. The molecule has 1 aliphatic heterocycles. The average molecular weight is 440 g/mol. The van der Waals surface area contributed by atoms with Crippen molar-refractivity contribution in [1.82, 2.24) is 9.88 Å². The van der Waals surface area contributed by atoms with Gasteiger partial charge in [-0.25, -0.2) is 8.42 Å². The van der Waals surface area contributed by atoms with Crippen LogP contribution in [0, 0.1) is 0 Å². The van der Waals surface area contributed by atoms with Gasteiger partial charge in [-0.15, -0.1) is 0 Å². The smallest absolute Gasteiger partial charge is 0.262 e. The number of carbonyl (C=O) groups excluding carboxylic acids is 2. The maximum Gasteiger partial charge on any atom is 0.262 e. The molecule has 1 aliphatic rings. The molecule has 11 heteroatoms. The fourth-order valence-corrected chi connectivity index (χ4v) is 4.32. The number of pyridine rings is 1. The molecule has 0 fully saturated rings. The molecule has 0 saturated carbocycles. The van der Waals surface area contributed by atoms with Crippen molar-refractivity contribution >= 4 is 33.3 Å². The van der Waals surface area contributed by atoms with Gasteiger partial charge in [-0.1, -0.05) is 12.1 Å². The molecular weight excluding hydrogens is 424 g/mol. The molecule has 0 unspecified atom stereocenters. The van der Waals surface area contributed by atoms with Gasteiger partial charge in [-0.05, 0) is 36.4 Å². The monoisotopic (exact) mass is 440 g/mol. The number of imide groups is 1. The molecule has 158 valence electrons. The molecule has 4 N–H and O–H groups in total. The number of nitrogen functional groups attached to an aromatic ring is 1. The number of ether oxygens (including phenoxy) is 1. The summed E-state index contributed by atoms with van der Waals surface area (Å²) in [5, 5.41) is 2.08. The third-order valence-electron chi connectivity index (χ3n) is 4.71. The summed E-state index contributed by atoms with van der Waals surface area (Å²) in [6.45, 7) is 0. The molecule has 0 aliphatic carbocycles. The van der Waals surface area contributed by atoms with Crippen LogP contribution in [0.3, 0.4) is 0 Å². The first kappa shape index (κ1) is 20.2. The third kappa shape index (κ3) is 3.40. The van der Waals surface area contributed by atoms with E-state index in [9.17, 15) is 22.8 Å². The minimum atomic E-state index is -3.95. The Morgan fingerprint density at radius 2 is 1.68 bits per heavy atom. The van der Waals surface area contributed by atoms with Crippen molar-refractivity contribution in [3.63, 3.8) is 0 Å². The van der Waals surface area contributed by atoms with Gasteiger partial charge in [0.15, 0.2) is 0 Å². The first-order valence-electron chi connectivity index (χ1n) is 8.90. The van der Waals surface area contributed by atoms with Crippen LogP contribution in [0.25, 0.3) is 5.69 Å². The standard InChI is InChI=1S/C20H16N4O6S/c1-30-15-5-3-2-4-14(15)23-31(28,29)12-8-6-11(7-9-12)24-16(25)10-13-17(18(24)21)20(27)22-19(13)26/h2-10,23H,21H2,1H3,(H,22,26,27). The second-order valence-electron chi connectivity index (χ2n) is 6.57. The van der Waals surface area contributed by atoms with Crippen LogP contribution in [-0.4, -0.2) is 31.9 Å². The normalized spacial score (nSPS) is 12.9. The lowest BCUT2D eigenvalue weighted by molar-refractivity contribution is 0.0880. The number of nitrogens with zero attached hydrogens (tertiary/aromatic N) is 1. The molecule has 2 aromatic carbocycles. The predicted octanol–water partition coefficient (Wildman–Crippen LogP) is 1.11. The largest absolute Gasteiger partial charge is 0.495 e. The highest BCUT2D eigenvalue weighted by Gasteiger charge is 2.31. The maximum absolute atomic E-state index is 12.7. The topological polar surface area (TPSA) is 150 Å². The Bertz CT molecular complexity index is 1390. The molecule has 3 aromatic rings. The van der Waals surface area contributed by atoms with Crippen LogP contribution in [0.1, 0.15) is 20.7 Å². The highest BCUT2D eigenvalue weighted by atomic mass is 32.2. The number of nitrogens with two attached hydrogens (primary N) is 1. The summed E-state index contributed by atoms with van der Waals surface area (Å²) in [5.74, 6) is -1.26. The van der Waals surface area contributed by atoms with Gasteiger partial charge in [0.05, 0.1) is 34.5 Å². The highest BCUT2D eigenvalue weighted by Crippen LogP contribution is 2.27. The molecule has 0 bridgehead atoms. The molecule has 0 radical (unpaired) electrons. The maximum atomic E-state index is 12.7. The fraction of sp³-hybridized carbons (Fsp3) is 0.0500. The van der Waals surface area contributed by atoms with Crippen molar-refractivity contribution in [2.45, 2.75) is 4.90 Å². The number of aromatic nitrogens is 1. The summed E-state index contributed by atoms with van der Waals surface area (Å²) >= 11 is 0. The van der Waals surface area contributed by atoms with Crippen LogP contribution in [0.2, 0.25) is 0 Å². The fourth-order valence-electron chi connectivity index (χ4n) is 3.25. The number of anilines is 2. The van der Waals surface area contributed by atoms with Gasteiger partial charge in [0.2, 0.25) is 0 Å². The first-order valence-corrected chi connectivity index (χ1v) is 10.4. The molecule has 2 heterocycles. The van der Waals surface area contributed by atoms with E-state index in [2.05, 4.69) is 10.0 Å². The Hall–Kier alpha value is -4.12. The number of para-hydroxylation sites is 2. The van der Waals surface area contributed by atoms with Crippen molar-refractivity contribution in [3.8, 4) is 11.4 Å². The zero-order valence-corrected chi connectivity index (χ0v) is 16.9. The number of benzene rings is 2. The van der Waals surface area contributed by atoms with Gasteiger partial charge in [0, 0.05) is 6.07 Å². The van der Waals surface area contributed by atoms with Crippen molar-refractivity contribution in [2.24, 2.45) is 0 Å². The Morgan fingerprint density at radius 1 is 1.00 bits per heavy atom. The van der Waals surface area contributed by atoms with Crippen molar-refractivity contribution < 1.29 is 22.7 Å². The number of rotatable bonds is 5. The quantitative estimate of drug-likeness (QED) is 0.503. The van der Waals surface area contributed by atoms with E-state index in [0.717, 1.165) is 10.6 Å². The van der Waals surface area contributed by atoms with Gasteiger partial charge in [0.1, 0.15) is 11.6 Å². The lowest BCUT2D eigenvalue weighted by atomic mass is 10.1. The van der Waals surface area contributed by atoms with Crippen LogP contribution >= 0.6 is 0 Å². The second-order valence-corrected chi connectivity index (χ2v) is 8.26. The Labute approximate surface area is 176 Å². The molecule has 0 spiro atoms. The van der Waals surface area contributed by atoms with Gasteiger partial charge in [-0.2, -0.15) is 0 Å². The van der Waals surface area contributed by atoms with E-state index < -0.39 is 27.4 Å². The summed E-state index contributed by atoms with van der Waals surface area (Å²) in [4.78, 5) is 36.2. The summed E-state index contributed by atoms with van der Waals surface area (Å²) in [7, 11) is -2.52. The third-order valence-corrected chi connectivity index (χ3v) is 6.09. The molecule has 31 heavy (non-hydrogen) atoms. The molecule has 0 saturated heterocycles. The summed E-state index contributed by atoms with van der Waals surface area (Å²) in [5.41, 5.74) is 5.65. The van der Waals surface area contributed by atoms with E-state index >= 15 is 0 Å². The van der Waals surface area contributed by atoms with Crippen molar-refractivity contribution in [3.05, 3.63) is 76.1 Å². The number of fused-ring (bicyclic) bond motifs is 1. The molecule has 2 amide bonds. The van der Waals surface area contributed by atoms with Crippen LogP contribution in [0.15, 0.2) is 64.3 Å². The Balaban J connectivity index is 1.71. The molecular formula is C20H16N4O6S. The number of hydrogen-bond donors (Lipinski definition) is 3. The van der Waals surface area contributed by atoms with Crippen molar-refractivity contribution in [1.29, 1.82) is 0 Å². The van der Waals surface area contributed by atoms with Gasteiger partial charge < -0.3 is 10.5 Å². The van der Waals surface area contributed by atoms with E-state index in [1.54, 1.807) is 24.3 Å². The van der Waals surface area contributed by atoms with E-state index in [-0.39, 0.29) is 33.2 Å². The van der Waals surface area contributed by atoms with Gasteiger partial charge in [-0.3, -0.25) is 29.0 Å². The predicted molar refractivity (Wildman–Crippen MR) is 112 cm³/mol. The zero-order chi connectivity index (χ0) is 22.3. The van der Waals surface area contributed by atoms with E-state index in [1.807, 2.05) is 0 Å². The molecule has 1 aromatic heterocycles. The van der Waals surface area contributed by atoms with Crippen molar-refractivity contribution in [2.75, 3.05) is 17.6 Å². The van der Waals surface area contributed by atoms with E-state index in [0.29, 0.717) is 5.75 Å². The minimum absolute atomic E-state index is 0.0668. The SMILES string of the molecule is COc1ccccc1NS(=O)(=O)c1ccc(-n2c(N)c3c(cc2=O)C(=O)NC3=O)cc1. The Kier molecular flexibility index (Phi) is 4.74. The molecule has 10 nitrogen and oxygen atoms in total. The second kappa shape index (κ2) is 7.29. The summed E-state index contributed by atoms with van der Waals surface area (Å²) in [6.07, 6.45) is 0.